The molecule has 0 unspecified atom stereocenters. The summed E-state index contributed by atoms with van der Waals surface area (Å²) in [7, 11) is 0. The van der Waals surface area contributed by atoms with Gasteiger partial charge in [0.15, 0.2) is 0 Å². The second-order valence-corrected chi connectivity index (χ2v) is 6.31. The molecule has 0 aromatic rings. The van der Waals surface area contributed by atoms with Crippen molar-refractivity contribution < 1.29 is 8.78 Å². The van der Waals surface area contributed by atoms with Gasteiger partial charge < -0.3 is 0 Å². The molecular weight excluding hydrogens is 230 g/mol. The normalized spacial score (nSPS) is 32.2. The van der Waals surface area contributed by atoms with Crippen LogP contribution in [0.1, 0.15) is 71.1 Å². The number of hydrogen-bond acceptors (Lipinski definition) is 0. The van der Waals surface area contributed by atoms with Gasteiger partial charge in [-0.2, -0.15) is 8.78 Å². The lowest BCUT2D eigenvalue weighted by atomic mass is 9.66. The molecule has 0 bridgehead atoms. The predicted octanol–water partition coefficient (Wildman–Crippen LogP) is 5.93. The number of rotatable bonds is 5. The predicted molar refractivity (Wildman–Crippen MR) is 71.6 cm³/mol. The van der Waals surface area contributed by atoms with E-state index in [1.807, 2.05) is 0 Å². The average molecular weight is 256 g/mol. The van der Waals surface area contributed by atoms with Gasteiger partial charge in [-0.1, -0.05) is 45.4 Å². The molecule has 18 heavy (non-hydrogen) atoms. The summed E-state index contributed by atoms with van der Waals surface area (Å²) in [6.45, 7) is 2.25. The van der Waals surface area contributed by atoms with Gasteiger partial charge in [-0.05, 0) is 49.0 Å². The fourth-order valence-electron chi connectivity index (χ4n) is 3.69. The van der Waals surface area contributed by atoms with Gasteiger partial charge in [0.05, 0.1) is 0 Å². The first-order chi connectivity index (χ1) is 8.70. The number of unbranched alkanes of at least 4 members (excludes halogenated alkanes) is 2. The highest BCUT2D eigenvalue weighted by Crippen LogP contribution is 2.47. The SMILES string of the molecule is CCCCCC1CCC(C2CC(=C(F)F)C2)CC1. The molecule has 0 aromatic carbocycles. The topological polar surface area (TPSA) is 0 Å². The van der Waals surface area contributed by atoms with Crippen molar-refractivity contribution in [3.8, 4) is 0 Å². The fourth-order valence-corrected chi connectivity index (χ4v) is 3.69. The summed E-state index contributed by atoms with van der Waals surface area (Å²) in [6, 6.07) is 0. The Morgan fingerprint density at radius 1 is 1.00 bits per heavy atom. The maximum absolute atomic E-state index is 12.3. The van der Waals surface area contributed by atoms with E-state index in [-0.39, 0.29) is 0 Å². The Morgan fingerprint density at radius 2 is 1.67 bits per heavy atom. The van der Waals surface area contributed by atoms with Crippen LogP contribution in [0.15, 0.2) is 11.7 Å². The highest BCUT2D eigenvalue weighted by molar-refractivity contribution is 5.14. The first kappa shape index (κ1) is 14.0. The van der Waals surface area contributed by atoms with Crippen LogP contribution in [0, 0.1) is 17.8 Å². The van der Waals surface area contributed by atoms with Crippen LogP contribution in [0.2, 0.25) is 0 Å². The van der Waals surface area contributed by atoms with Gasteiger partial charge in [0.25, 0.3) is 6.08 Å². The molecule has 0 N–H and O–H groups in total. The van der Waals surface area contributed by atoms with Crippen molar-refractivity contribution in [2.45, 2.75) is 71.1 Å². The third-order valence-corrected chi connectivity index (χ3v) is 5.06. The molecule has 104 valence electrons. The van der Waals surface area contributed by atoms with Gasteiger partial charge in [0.2, 0.25) is 0 Å². The maximum atomic E-state index is 12.3. The molecule has 2 aliphatic carbocycles. The standard InChI is InChI=1S/C16H26F2/c1-2-3-4-5-12-6-8-13(9-7-12)14-10-15(11-14)16(17)18/h12-14H,2-11H2,1H3. The molecule has 2 fully saturated rings. The van der Waals surface area contributed by atoms with Gasteiger partial charge in [0, 0.05) is 0 Å². The summed E-state index contributed by atoms with van der Waals surface area (Å²) in [4.78, 5) is 0. The lowest BCUT2D eigenvalue weighted by molar-refractivity contribution is 0.161. The van der Waals surface area contributed by atoms with Gasteiger partial charge >= 0.3 is 0 Å². The molecule has 0 atom stereocenters. The third kappa shape index (κ3) is 3.55. The zero-order chi connectivity index (χ0) is 13.0. The zero-order valence-corrected chi connectivity index (χ0v) is 11.6. The Hall–Kier alpha value is -0.400. The average Bonchev–Trinajstić information content (AvgIpc) is 2.29. The lowest BCUT2D eigenvalue weighted by Crippen LogP contribution is -2.28. The number of hydrogen-bond donors (Lipinski definition) is 0. The van der Waals surface area contributed by atoms with Crippen molar-refractivity contribution in [2.24, 2.45) is 17.8 Å². The summed E-state index contributed by atoms with van der Waals surface area (Å²) in [5, 5.41) is 0. The molecular formula is C16H26F2. The lowest BCUT2D eigenvalue weighted by Gasteiger charge is -2.39. The molecule has 0 spiro atoms. The minimum atomic E-state index is -1.40. The quantitative estimate of drug-likeness (QED) is 0.534. The fraction of sp³-hybridized carbons (Fsp3) is 0.875. The molecule has 2 saturated carbocycles. The highest BCUT2D eigenvalue weighted by atomic mass is 19.3. The highest BCUT2D eigenvalue weighted by Gasteiger charge is 2.35. The minimum Gasteiger partial charge on any atom is -0.173 e. The van der Waals surface area contributed by atoms with Gasteiger partial charge in [-0.25, -0.2) is 0 Å². The summed E-state index contributed by atoms with van der Waals surface area (Å²) in [5.74, 6) is 2.26. The first-order valence-electron chi connectivity index (χ1n) is 7.73. The van der Waals surface area contributed by atoms with Crippen LogP contribution in [-0.4, -0.2) is 0 Å². The summed E-state index contributed by atoms with van der Waals surface area (Å²) in [6.07, 6.45) is 10.7. The van der Waals surface area contributed by atoms with Gasteiger partial charge in [-0.15, -0.1) is 0 Å². The molecule has 0 aliphatic heterocycles. The van der Waals surface area contributed by atoms with Crippen molar-refractivity contribution in [1.29, 1.82) is 0 Å². The Kier molecular flexibility index (Phi) is 5.20. The third-order valence-electron chi connectivity index (χ3n) is 5.06. The summed E-state index contributed by atoms with van der Waals surface area (Å²) >= 11 is 0. The minimum absolute atomic E-state index is 0.435. The number of allylic oxidation sites excluding steroid dienone is 1. The molecule has 0 radical (unpaired) electrons. The van der Waals surface area contributed by atoms with E-state index in [1.165, 1.54) is 51.4 Å². The Morgan fingerprint density at radius 3 is 2.22 bits per heavy atom. The largest absolute Gasteiger partial charge is 0.269 e. The molecule has 2 rings (SSSR count). The molecule has 0 saturated heterocycles. The Bertz CT molecular complexity index is 275. The van der Waals surface area contributed by atoms with Crippen molar-refractivity contribution in [3.05, 3.63) is 11.7 Å². The van der Waals surface area contributed by atoms with Crippen LogP contribution in [0.3, 0.4) is 0 Å². The molecule has 2 aliphatic rings. The van der Waals surface area contributed by atoms with Crippen molar-refractivity contribution in [2.75, 3.05) is 0 Å². The van der Waals surface area contributed by atoms with Crippen LogP contribution in [0.5, 0.6) is 0 Å². The molecule has 0 heterocycles. The van der Waals surface area contributed by atoms with E-state index < -0.39 is 6.08 Å². The van der Waals surface area contributed by atoms with Gasteiger partial charge in [0.1, 0.15) is 0 Å². The zero-order valence-electron chi connectivity index (χ0n) is 11.6. The Labute approximate surface area is 110 Å². The number of halogens is 2. The van der Waals surface area contributed by atoms with E-state index in [2.05, 4.69) is 6.92 Å². The van der Waals surface area contributed by atoms with Crippen LogP contribution in [0.25, 0.3) is 0 Å². The summed E-state index contributed by atoms with van der Waals surface area (Å²) < 4.78 is 24.7. The van der Waals surface area contributed by atoms with Gasteiger partial charge in [-0.3, -0.25) is 0 Å². The van der Waals surface area contributed by atoms with E-state index in [0.717, 1.165) is 11.8 Å². The van der Waals surface area contributed by atoms with Crippen LogP contribution in [-0.2, 0) is 0 Å². The first-order valence-corrected chi connectivity index (χ1v) is 7.73. The second-order valence-electron chi connectivity index (χ2n) is 6.31. The van der Waals surface area contributed by atoms with Crippen LogP contribution < -0.4 is 0 Å². The second kappa shape index (κ2) is 6.68. The van der Waals surface area contributed by atoms with Crippen molar-refractivity contribution >= 4 is 0 Å². The van der Waals surface area contributed by atoms with Crippen LogP contribution in [0.4, 0.5) is 8.78 Å². The van der Waals surface area contributed by atoms with E-state index in [0.29, 0.717) is 24.3 Å². The molecule has 2 heteroatoms. The molecule has 0 amide bonds. The van der Waals surface area contributed by atoms with Crippen molar-refractivity contribution in [1.82, 2.24) is 0 Å². The van der Waals surface area contributed by atoms with E-state index in [9.17, 15) is 8.78 Å². The molecule has 0 nitrogen and oxygen atoms in total. The van der Waals surface area contributed by atoms with Crippen molar-refractivity contribution in [3.63, 3.8) is 0 Å². The maximum Gasteiger partial charge on any atom is 0.269 e. The van der Waals surface area contributed by atoms with E-state index in [1.54, 1.807) is 0 Å². The monoisotopic (exact) mass is 256 g/mol. The van der Waals surface area contributed by atoms with Crippen LogP contribution >= 0.6 is 0 Å². The Balaban J connectivity index is 1.64. The smallest absolute Gasteiger partial charge is 0.173 e. The molecule has 0 aromatic heterocycles. The van der Waals surface area contributed by atoms with E-state index >= 15 is 0 Å². The summed E-state index contributed by atoms with van der Waals surface area (Å²) in [5.41, 5.74) is 0.435. The van der Waals surface area contributed by atoms with E-state index in [4.69, 9.17) is 0 Å².